The standard InChI is InChI=1S/C35H38ClF3N2O/c1-3-41(4-2)30-19-12-20-31(24-30)42-23-13-22-40(25-29-18-11-21-33(34(29)36)35(37,38)39)26-32(27-14-7-5-8-15-27)28-16-9-6-10-17-28/h5-12,14-21,24,32H,3-4,13,22-23,25-26H2,1-2H3. The van der Waals surface area contributed by atoms with Crippen molar-refractivity contribution < 1.29 is 17.9 Å². The molecule has 3 nitrogen and oxygen atoms in total. The Hall–Kier alpha value is -3.48. The zero-order valence-electron chi connectivity index (χ0n) is 24.2. The van der Waals surface area contributed by atoms with Crippen LogP contribution in [0.25, 0.3) is 0 Å². The molecule has 0 aliphatic heterocycles. The molecule has 0 aliphatic rings. The van der Waals surface area contributed by atoms with E-state index in [0.29, 0.717) is 31.7 Å². The van der Waals surface area contributed by atoms with E-state index in [2.05, 4.69) is 54.0 Å². The fourth-order valence-corrected chi connectivity index (χ4v) is 5.56. The van der Waals surface area contributed by atoms with E-state index in [1.54, 1.807) is 6.07 Å². The van der Waals surface area contributed by atoms with Crippen LogP contribution < -0.4 is 9.64 Å². The van der Waals surface area contributed by atoms with Gasteiger partial charge in [0.05, 0.1) is 17.2 Å². The summed E-state index contributed by atoms with van der Waals surface area (Å²) in [4.78, 5) is 4.45. The van der Waals surface area contributed by atoms with Crippen molar-refractivity contribution in [3.05, 3.63) is 130 Å². The van der Waals surface area contributed by atoms with Crippen LogP contribution in [0.15, 0.2) is 103 Å². The number of hydrogen-bond donors (Lipinski definition) is 0. The third-order valence-electron chi connectivity index (χ3n) is 7.46. The van der Waals surface area contributed by atoms with Gasteiger partial charge >= 0.3 is 6.18 Å². The minimum atomic E-state index is -4.51. The molecule has 0 N–H and O–H groups in total. The van der Waals surface area contributed by atoms with Crippen LogP contribution in [0, 0.1) is 0 Å². The SMILES string of the molecule is CCN(CC)c1cccc(OCCCN(Cc2cccc(C(F)(F)F)c2Cl)CC(c2ccccc2)c2ccccc2)c1. The molecule has 0 saturated carbocycles. The lowest BCUT2D eigenvalue weighted by Gasteiger charge is -2.29. The van der Waals surface area contributed by atoms with E-state index in [-0.39, 0.29) is 17.5 Å². The highest BCUT2D eigenvalue weighted by molar-refractivity contribution is 6.32. The summed E-state index contributed by atoms with van der Waals surface area (Å²) in [6.45, 7) is 8.08. The van der Waals surface area contributed by atoms with E-state index in [1.165, 1.54) is 6.07 Å². The molecule has 0 amide bonds. The van der Waals surface area contributed by atoms with Gasteiger partial charge in [-0.3, -0.25) is 4.90 Å². The minimum absolute atomic E-state index is 0.0312. The van der Waals surface area contributed by atoms with Gasteiger partial charge in [0.15, 0.2) is 0 Å². The monoisotopic (exact) mass is 594 g/mol. The van der Waals surface area contributed by atoms with Crippen molar-refractivity contribution in [1.82, 2.24) is 4.90 Å². The van der Waals surface area contributed by atoms with Crippen molar-refractivity contribution in [2.24, 2.45) is 0 Å². The van der Waals surface area contributed by atoms with Gasteiger partial charge in [0.25, 0.3) is 0 Å². The molecule has 42 heavy (non-hydrogen) atoms. The van der Waals surface area contributed by atoms with Crippen LogP contribution in [0.4, 0.5) is 18.9 Å². The second-order valence-corrected chi connectivity index (χ2v) is 10.6. The van der Waals surface area contributed by atoms with E-state index in [4.69, 9.17) is 16.3 Å². The molecular weight excluding hydrogens is 557 g/mol. The summed E-state index contributed by atoms with van der Waals surface area (Å²) in [5, 5.41) is -0.240. The smallest absolute Gasteiger partial charge is 0.417 e. The van der Waals surface area contributed by atoms with Crippen LogP contribution >= 0.6 is 11.6 Å². The number of nitrogens with zero attached hydrogens (tertiary/aromatic N) is 2. The van der Waals surface area contributed by atoms with Gasteiger partial charge in [-0.15, -0.1) is 0 Å². The van der Waals surface area contributed by atoms with Crippen molar-refractivity contribution in [3.8, 4) is 5.75 Å². The normalized spacial score (nSPS) is 11.7. The first-order valence-corrected chi connectivity index (χ1v) is 14.8. The van der Waals surface area contributed by atoms with Gasteiger partial charge in [-0.25, -0.2) is 0 Å². The molecular formula is C35H38ClF3N2O. The lowest BCUT2D eigenvalue weighted by Crippen LogP contribution is -2.31. The van der Waals surface area contributed by atoms with E-state index < -0.39 is 11.7 Å². The highest BCUT2D eigenvalue weighted by Crippen LogP contribution is 2.37. The van der Waals surface area contributed by atoms with Crippen molar-refractivity contribution in [3.63, 3.8) is 0 Å². The number of rotatable bonds is 14. The maximum Gasteiger partial charge on any atom is 0.417 e. The maximum absolute atomic E-state index is 13.6. The Morgan fingerprint density at radius 2 is 1.40 bits per heavy atom. The third kappa shape index (κ3) is 8.52. The lowest BCUT2D eigenvalue weighted by atomic mass is 9.90. The minimum Gasteiger partial charge on any atom is -0.493 e. The second-order valence-electron chi connectivity index (χ2n) is 10.3. The van der Waals surface area contributed by atoms with Crippen LogP contribution in [0.2, 0.25) is 5.02 Å². The molecule has 4 aromatic carbocycles. The highest BCUT2D eigenvalue weighted by atomic mass is 35.5. The fourth-order valence-electron chi connectivity index (χ4n) is 5.27. The molecule has 222 valence electrons. The average Bonchev–Trinajstić information content (AvgIpc) is 3.00. The molecule has 0 aromatic heterocycles. The molecule has 0 atom stereocenters. The fraction of sp³-hybridized carbons (Fsp3) is 0.314. The molecule has 0 heterocycles. The maximum atomic E-state index is 13.6. The molecule has 0 unspecified atom stereocenters. The van der Waals surface area contributed by atoms with Crippen LogP contribution in [-0.4, -0.2) is 37.7 Å². The van der Waals surface area contributed by atoms with Gasteiger partial charge in [-0.1, -0.05) is 90.5 Å². The molecule has 0 fully saturated rings. The number of ether oxygens (including phenoxy) is 1. The zero-order chi connectivity index (χ0) is 30.0. The van der Waals surface area contributed by atoms with E-state index in [0.717, 1.165) is 41.7 Å². The van der Waals surface area contributed by atoms with Crippen LogP contribution in [0.1, 0.15) is 48.4 Å². The molecule has 4 rings (SSSR count). The molecule has 0 radical (unpaired) electrons. The highest BCUT2D eigenvalue weighted by Gasteiger charge is 2.34. The molecule has 0 spiro atoms. The molecule has 4 aromatic rings. The number of anilines is 1. The van der Waals surface area contributed by atoms with Crippen LogP contribution in [0.3, 0.4) is 0 Å². The van der Waals surface area contributed by atoms with Crippen molar-refractivity contribution >= 4 is 17.3 Å². The number of benzene rings is 4. The van der Waals surface area contributed by atoms with Crippen LogP contribution in [-0.2, 0) is 12.7 Å². The van der Waals surface area contributed by atoms with Gasteiger partial charge < -0.3 is 9.64 Å². The summed E-state index contributed by atoms with van der Waals surface area (Å²) in [6.07, 6.45) is -3.82. The van der Waals surface area contributed by atoms with Gasteiger partial charge in [0, 0.05) is 50.4 Å². The molecule has 0 saturated heterocycles. The van der Waals surface area contributed by atoms with Crippen molar-refractivity contribution in [2.75, 3.05) is 37.7 Å². The van der Waals surface area contributed by atoms with Gasteiger partial charge in [0.2, 0.25) is 0 Å². The summed E-state index contributed by atoms with van der Waals surface area (Å²) in [6, 6.07) is 32.6. The quantitative estimate of drug-likeness (QED) is 0.135. The van der Waals surface area contributed by atoms with Gasteiger partial charge in [0.1, 0.15) is 5.75 Å². The summed E-state index contributed by atoms with van der Waals surface area (Å²) < 4.78 is 47.0. The molecule has 0 aliphatic carbocycles. The Morgan fingerprint density at radius 3 is 2.00 bits per heavy atom. The van der Waals surface area contributed by atoms with Crippen molar-refractivity contribution in [1.29, 1.82) is 0 Å². The molecule has 0 bridgehead atoms. The van der Waals surface area contributed by atoms with E-state index in [9.17, 15) is 13.2 Å². The second kappa shape index (κ2) is 15.1. The van der Waals surface area contributed by atoms with Crippen LogP contribution in [0.5, 0.6) is 5.75 Å². The third-order valence-corrected chi connectivity index (χ3v) is 7.90. The zero-order valence-corrected chi connectivity index (χ0v) is 24.9. The molecule has 7 heteroatoms. The Labute approximate surface area is 252 Å². The first-order chi connectivity index (χ1) is 20.3. The first-order valence-electron chi connectivity index (χ1n) is 14.4. The van der Waals surface area contributed by atoms with Crippen molar-refractivity contribution in [2.45, 2.75) is 38.9 Å². The van der Waals surface area contributed by atoms with E-state index in [1.807, 2.05) is 54.6 Å². The predicted octanol–water partition coefficient (Wildman–Crippen LogP) is 9.31. The predicted molar refractivity (Wildman–Crippen MR) is 167 cm³/mol. The summed E-state index contributed by atoms with van der Waals surface area (Å²) >= 11 is 6.34. The average molecular weight is 595 g/mol. The Morgan fingerprint density at radius 1 is 0.786 bits per heavy atom. The lowest BCUT2D eigenvalue weighted by molar-refractivity contribution is -0.137. The summed E-state index contributed by atoms with van der Waals surface area (Å²) in [5.74, 6) is 0.835. The van der Waals surface area contributed by atoms with Gasteiger partial charge in [-0.05, 0) is 55.2 Å². The number of halogens is 4. The number of alkyl halides is 3. The summed E-state index contributed by atoms with van der Waals surface area (Å²) in [7, 11) is 0. The topological polar surface area (TPSA) is 15.7 Å². The Bertz CT molecular complexity index is 1340. The Balaban J connectivity index is 1.54. The number of hydrogen-bond acceptors (Lipinski definition) is 3. The Kier molecular flexibility index (Phi) is 11.3. The summed E-state index contributed by atoms with van der Waals surface area (Å²) in [5.41, 5.74) is 3.06. The first kappa shape index (κ1) is 31.5. The van der Waals surface area contributed by atoms with E-state index >= 15 is 0 Å². The van der Waals surface area contributed by atoms with Gasteiger partial charge in [-0.2, -0.15) is 13.2 Å². The largest absolute Gasteiger partial charge is 0.493 e.